The zero-order chi connectivity index (χ0) is 13.9. The molecule has 0 unspecified atom stereocenters. The molecular weight excluding hydrogens is 248 g/mol. The van der Waals surface area contributed by atoms with Crippen LogP contribution in [-0.2, 0) is 13.5 Å². The Kier molecular flexibility index (Phi) is 3.33. The van der Waals surface area contributed by atoms with Crippen LogP contribution in [0.25, 0.3) is 10.9 Å². The average molecular weight is 264 g/mol. The quantitative estimate of drug-likeness (QED) is 0.677. The molecule has 0 aliphatic rings. The zero-order valence-corrected chi connectivity index (χ0v) is 11.4. The fourth-order valence-corrected chi connectivity index (χ4v) is 2.44. The number of aryl methyl sites for hydroxylation is 2. The van der Waals surface area contributed by atoms with Gasteiger partial charge in [0.15, 0.2) is 5.78 Å². The summed E-state index contributed by atoms with van der Waals surface area (Å²) in [6, 6.07) is 17.9. The van der Waals surface area contributed by atoms with Crippen molar-refractivity contribution in [1.29, 1.82) is 0 Å². The maximum Gasteiger partial charge on any atom is 0.184 e. The van der Waals surface area contributed by atoms with Crippen molar-refractivity contribution in [2.45, 2.75) is 12.8 Å². The molecule has 3 heteroatoms. The second-order valence-corrected chi connectivity index (χ2v) is 4.90. The van der Waals surface area contributed by atoms with Gasteiger partial charge < -0.3 is 0 Å². The van der Waals surface area contributed by atoms with Gasteiger partial charge in [0.05, 0.1) is 5.52 Å². The Bertz CT molecular complexity index is 744. The number of Topliss-reactive ketones (excluding diaryl/α,β-unsaturated/α-hetero) is 1. The van der Waals surface area contributed by atoms with Gasteiger partial charge in [-0.3, -0.25) is 9.48 Å². The number of fused-ring (bicyclic) bond motifs is 1. The van der Waals surface area contributed by atoms with E-state index in [9.17, 15) is 4.79 Å². The molecule has 20 heavy (non-hydrogen) atoms. The molecule has 1 aromatic heterocycles. The summed E-state index contributed by atoms with van der Waals surface area (Å²) in [5, 5.41) is 5.31. The lowest BCUT2D eigenvalue weighted by atomic mass is 10.0. The fourth-order valence-electron chi connectivity index (χ4n) is 2.44. The van der Waals surface area contributed by atoms with Gasteiger partial charge in [0.2, 0.25) is 0 Å². The fraction of sp³-hybridized carbons (Fsp3) is 0.176. The Morgan fingerprint density at radius 1 is 1.05 bits per heavy atom. The lowest BCUT2D eigenvalue weighted by Gasteiger charge is -1.99. The van der Waals surface area contributed by atoms with Gasteiger partial charge in [0.25, 0.3) is 0 Å². The summed E-state index contributed by atoms with van der Waals surface area (Å²) in [5.41, 5.74) is 2.76. The second-order valence-electron chi connectivity index (χ2n) is 4.90. The Labute approximate surface area is 117 Å². The van der Waals surface area contributed by atoms with E-state index in [1.54, 1.807) is 4.68 Å². The highest BCUT2D eigenvalue weighted by Gasteiger charge is 2.15. The number of aromatic nitrogens is 2. The smallest absolute Gasteiger partial charge is 0.184 e. The van der Waals surface area contributed by atoms with E-state index in [-0.39, 0.29) is 5.78 Å². The zero-order valence-electron chi connectivity index (χ0n) is 11.4. The normalized spacial score (nSPS) is 10.8. The minimum atomic E-state index is 0.102. The number of nitrogens with zero attached hydrogens (tertiary/aromatic N) is 2. The number of rotatable bonds is 4. The number of hydrogen-bond acceptors (Lipinski definition) is 2. The molecule has 0 bridgehead atoms. The van der Waals surface area contributed by atoms with E-state index >= 15 is 0 Å². The largest absolute Gasteiger partial charge is 0.292 e. The van der Waals surface area contributed by atoms with Crippen molar-refractivity contribution in [3.63, 3.8) is 0 Å². The van der Waals surface area contributed by atoms with Crippen LogP contribution >= 0.6 is 0 Å². The van der Waals surface area contributed by atoms with Crippen molar-refractivity contribution in [2.75, 3.05) is 0 Å². The van der Waals surface area contributed by atoms with Gasteiger partial charge in [-0.15, -0.1) is 0 Å². The van der Waals surface area contributed by atoms with Crippen molar-refractivity contribution in [1.82, 2.24) is 9.78 Å². The van der Waals surface area contributed by atoms with Crippen LogP contribution in [0.1, 0.15) is 22.5 Å². The van der Waals surface area contributed by atoms with E-state index in [1.807, 2.05) is 61.6 Å². The van der Waals surface area contributed by atoms with Crippen molar-refractivity contribution < 1.29 is 4.79 Å². The first-order chi connectivity index (χ1) is 9.75. The van der Waals surface area contributed by atoms with Crippen LogP contribution in [0.4, 0.5) is 0 Å². The third-order valence-electron chi connectivity index (χ3n) is 3.51. The molecule has 0 aliphatic heterocycles. The molecule has 0 saturated carbocycles. The van der Waals surface area contributed by atoms with E-state index in [0.717, 1.165) is 17.3 Å². The van der Waals surface area contributed by atoms with Crippen LogP contribution in [0.5, 0.6) is 0 Å². The SMILES string of the molecule is Cn1nc(C(=O)CCc2ccccc2)c2ccccc21. The minimum Gasteiger partial charge on any atom is -0.292 e. The van der Waals surface area contributed by atoms with Gasteiger partial charge in [-0.2, -0.15) is 5.10 Å². The lowest BCUT2D eigenvalue weighted by Crippen LogP contribution is -2.03. The predicted molar refractivity (Wildman–Crippen MR) is 79.8 cm³/mol. The lowest BCUT2D eigenvalue weighted by molar-refractivity contribution is 0.0979. The molecule has 2 aromatic carbocycles. The Morgan fingerprint density at radius 3 is 2.55 bits per heavy atom. The first kappa shape index (κ1) is 12.6. The van der Waals surface area contributed by atoms with E-state index in [2.05, 4.69) is 5.10 Å². The predicted octanol–water partition coefficient (Wildman–Crippen LogP) is 3.39. The van der Waals surface area contributed by atoms with E-state index in [4.69, 9.17) is 0 Å². The van der Waals surface area contributed by atoms with Crippen molar-refractivity contribution >= 4 is 16.7 Å². The Balaban J connectivity index is 1.83. The average Bonchev–Trinajstić information content (AvgIpc) is 2.84. The Hall–Kier alpha value is -2.42. The van der Waals surface area contributed by atoms with Crippen molar-refractivity contribution in [3.8, 4) is 0 Å². The highest BCUT2D eigenvalue weighted by molar-refractivity contribution is 6.06. The summed E-state index contributed by atoms with van der Waals surface area (Å²) in [6.45, 7) is 0. The molecule has 0 aliphatic carbocycles. The van der Waals surface area contributed by atoms with Gasteiger partial charge >= 0.3 is 0 Å². The van der Waals surface area contributed by atoms with Crippen LogP contribution in [0, 0.1) is 0 Å². The van der Waals surface area contributed by atoms with Crippen LogP contribution in [0.15, 0.2) is 54.6 Å². The topological polar surface area (TPSA) is 34.9 Å². The molecular formula is C17H16N2O. The number of ketones is 1. The van der Waals surface area contributed by atoms with Gasteiger partial charge in [-0.05, 0) is 18.1 Å². The highest BCUT2D eigenvalue weighted by atomic mass is 16.1. The summed E-state index contributed by atoms with van der Waals surface area (Å²) in [7, 11) is 1.87. The standard InChI is InChI=1S/C17H16N2O/c1-19-15-10-6-5-9-14(15)17(18-19)16(20)12-11-13-7-3-2-4-8-13/h2-10H,11-12H2,1H3. The molecule has 0 amide bonds. The number of carbonyl (C=O) groups excluding carboxylic acids is 1. The molecule has 0 atom stereocenters. The number of para-hydroxylation sites is 1. The van der Waals surface area contributed by atoms with E-state index in [1.165, 1.54) is 5.56 Å². The molecule has 3 nitrogen and oxygen atoms in total. The van der Waals surface area contributed by atoms with Crippen molar-refractivity contribution in [2.24, 2.45) is 7.05 Å². The van der Waals surface area contributed by atoms with Crippen LogP contribution in [0.2, 0.25) is 0 Å². The molecule has 0 fully saturated rings. The summed E-state index contributed by atoms with van der Waals surface area (Å²) >= 11 is 0. The molecule has 0 N–H and O–H groups in total. The van der Waals surface area contributed by atoms with E-state index in [0.29, 0.717) is 12.1 Å². The van der Waals surface area contributed by atoms with Gasteiger partial charge in [0, 0.05) is 18.9 Å². The molecule has 100 valence electrons. The summed E-state index contributed by atoms with van der Waals surface area (Å²) in [4.78, 5) is 12.4. The monoisotopic (exact) mass is 264 g/mol. The molecule has 0 spiro atoms. The van der Waals surface area contributed by atoms with Crippen LogP contribution in [0.3, 0.4) is 0 Å². The van der Waals surface area contributed by atoms with Gasteiger partial charge in [-0.1, -0.05) is 48.5 Å². The number of carbonyl (C=O) groups is 1. The maximum atomic E-state index is 12.4. The van der Waals surface area contributed by atoms with Crippen LogP contribution < -0.4 is 0 Å². The summed E-state index contributed by atoms with van der Waals surface area (Å²) in [6.07, 6.45) is 1.25. The molecule has 3 rings (SSSR count). The summed E-state index contributed by atoms with van der Waals surface area (Å²) in [5.74, 6) is 0.102. The first-order valence-corrected chi connectivity index (χ1v) is 6.74. The van der Waals surface area contributed by atoms with E-state index < -0.39 is 0 Å². The Morgan fingerprint density at radius 2 is 1.75 bits per heavy atom. The van der Waals surface area contributed by atoms with Gasteiger partial charge in [-0.25, -0.2) is 0 Å². The molecule has 1 heterocycles. The maximum absolute atomic E-state index is 12.4. The van der Waals surface area contributed by atoms with Crippen molar-refractivity contribution in [3.05, 3.63) is 65.9 Å². The second kappa shape index (κ2) is 5.29. The first-order valence-electron chi connectivity index (χ1n) is 6.74. The summed E-state index contributed by atoms with van der Waals surface area (Å²) < 4.78 is 1.77. The molecule has 0 radical (unpaired) electrons. The minimum absolute atomic E-state index is 0.102. The number of benzene rings is 2. The number of hydrogen-bond donors (Lipinski definition) is 0. The van der Waals surface area contributed by atoms with Crippen LogP contribution in [-0.4, -0.2) is 15.6 Å². The van der Waals surface area contributed by atoms with Gasteiger partial charge in [0.1, 0.15) is 5.69 Å². The third-order valence-corrected chi connectivity index (χ3v) is 3.51. The third kappa shape index (κ3) is 2.35. The highest BCUT2D eigenvalue weighted by Crippen LogP contribution is 2.19. The molecule has 3 aromatic rings. The molecule has 0 saturated heterocycles.